The molecule has 31 heavy (non-hydrogen) atoms. The van der Waals surface area contributed by atoms with Crippen molar-refractivity contribution in [2.45, 2.75) is 19.4 Å². The van der Waals surface area contributed by atoms with Crippen LogP contribution in [-0.4, -0.2) is 14.4 Å². The molecule has 4 aromatic rings. The van der Waals surface area contributed by atoms with Gasteiger partial charge in [-0.3, -0.25) is 9.20 Å². The van der Waals surface area contributed by atoms with E-state index in [1.165, 1.54) is 23.0 Å². The van der Waals surface area contributed by atoms with Crippen molar-refractivity contribution < 1.29 is 4.39 Å². The molecule has 3 N–H and O–H groups in total. The van der Waals surface area contributed by atoms with Gasteiger partial charge in [0.15, 0.2) is 0 Å². The van der Waals surface area contributed by atoms with Crippen molar-refractivity contribution in [2.24, 2.45) is 0 Å². The number of nitrogens with one attached hydrogen (secondary N) is 1. The van der Waals surface area contributed by atoms with Crippen molar-refractivity contribution in [2.75, 3.05) is 11.1 Å². The Balaban J connectivity index is 1.95. The van der Waals surface area contributed by atoms with Crippen LogP contribution in [0.2, 0.25) is 0 Å². The molecule has 0 fully saturated rings. The number of halogens is 1. The summed E-state index contributed by atoms with van der Waals surface area (Å²) in [7, 11) is 0. The number of hydrogen-bond acceptors (Lipinski definition) is 5. The monoisotopic (exact) mass is 414 g/mol. The molecule has 0 aliphatic heterocycles. The van der Waals surface area contributed by atoms with Gasteiger partial charge in [-0.15, -0.1) is 0 Å². The van der Waals surface area contributed by atoms with Crippen LogP contribution in [0.25, 0.3) is 21.5 Å². The number of benzene rings is 1. The van der Waals surface area contributed by atoms with Gasteiger partial charge in [0.2, 0.25) is 0 Å². The van der Waals surface area contributed by atoms with Crippen LogP contribution < -0.4 is 16.6 Å². The second kappa shape index (κ2) is 8.24. The molecule has 154 valence electrons. The minimum Gasteiger partial charge on any atom is -0.392 e. The standard InChI is InChI=1S/C23H19FN6O/c1-3-18(29-22-20(26-2)21(25)27-13-28-22)17-11-16-10-9-15(24)12-30(16)23(31)19(17)14-7-5-4-6-8-14/h4-13,18H,3H2,1H3,(H3,25,27,28,29)/t18-/m1/s1. The third-order valence-corrected chi connectivity index (χ3v) is 5.09. The minimum absolute atomic E-state index is 0.0830. The third-order valence-electron chi connectivity index (χ3n) is 5.09. The quantitative estimate of drug-likeness (QED) is 0.466. The lowest BCUT2D eigenvalue weighted by Crippen LogP contribution is -2.22. The van der Waals surface area contributed by atoms with Gasteiger partial charge in [-0.1, -0.05) is 37.3 Å². The first-order chi connectivity index (χ1) is 15.0. The topological polar surface area (TPSA) is 89.7 Å². The predicted octanol–water partition coefficient (Wildman–Crippen LogP) is 4.59. The van der Waals surface area contributed by atoms with Crippen molar-refractivity contribution in [1.82, 2.24) is 14.4 Å². The molecule has 0 saturated carbocycles. The summed E-state index contributed by atoms with van der Waals surface area (Å²) < 4.78 is 15.2. The number of pyridine rings is 2. The lowest BCUT2D eigenvalue weighted by atomic mass is 9.94. The Labute approximate surface area is 177 Å². The first-order valence-corrected chi connectivity index (χ1v) is 9.68. The van der Waals surface area contributed by atoms with E-state index in [9.17, 15) is 9.18 Å². The summed E-state index contributed by atoms with van der Waals surface area (Å²) in [5.74, 6) is -0.114. The van der Waals surface area contributed by atoms with E-state index in [4.69, 9.17) is 12.3 Å². The molecule has 4 rings (SSSR count). The maximum Gasteiger partial charge on any atom is 0.268 e. The number of fused-ring (bicyclic) bond motifs is 1. The van der Waals surface area contributed by atoms with E-state index in [2.05, 4.69) is 20.1 Å². The van der Waals surface area contributed by atoms with Crippen LogP contribution in [0.5, 0.6) is 0 Å². The number of anilines is 2. The third kappa shape index (κ3) is 3.69. The van der Waals surface area contributed by atoms with Gasteiger partial charge < -0.3 is 11.1 Å². The van der Waals surface area contributed by atoms with Crippen LogP contribution in [0.15, 0.2) is 65.8 Å². The molecule has 7 nitrogen and oxygen atoms in total. The van der Waals surface area contributed by atoms with Crippen LogP contribution in [0, 0.1) is 12.4 Å². The molecule has 0 saturated heterocycles. The lowest BCUT2D eigenvalue weighted by molar-refractivity contribution is 0.618. The van der Waals surface area contributed by atoms with Gasteiger partial charge in [0.25, 0.3) is 11.2 Å². The Morgan fingerprint density at radius 1 is 1.23 bits per heavy atom. The summed E-state index contributed by atoms with van der Waals surface area (Å²) in [5.41, 5.74) is 8.08. The molecule has 0 unspecified atom stereocenters. The van der Waals surface area contributed by atoms with Crippen LogP contribution >= 0.6 is 0 Å². The fraction of sp³-hybridized carbons (Fsp3) is 0.130. The molecule has 0 amide bonds. The Hall–Kier alpha value is -4.25. The number of aromatic nitrogens is 3. The first kappa shape index (κ1) is 20.0. The molecular weight excluding hydrogens is 395 g/mol. The zero-order valence-electron chi connectivity index (χ0n) is 16.7. The summed E-state index contributed by atoms with van der Waals surface area (Å²) in [6, 6.07) is 13.6. The number of nitrogen functional groups attached to an aromatic ring is 1. The van der Waals surface area contributed by atoms with E-state index in [1.807, 2.05) is 43.3 Å². The highest BCUT2D eigenvalue weighted by molar-refractivity contribution is 5.77. The maximum atomic E-state index is 13.9. The van der Waals surface area contributed by atoms with Gasteiger partial charge in [0.05, 0.1) is 18.2 Å². The van der Waals surface area contributed by atoms with Gasteiger partial charge >= 0.3 is 0 Å². The van der Waals surface area contributed by atoms with E-state index in [0.717, 1.165) is 5.56 Å². The first-order valence-electron chi connectivity index (χ1n) is 9.68. The van der Waals surface area contributed by atoms with E-state index < -0.39 is 5.82 Å². The highest BCUT2D eigenvalue weighted by Gasteiger charge is 2.22. The molecule has 0 bridgehead atoms. The summed E-state index contributed by atoms with van der Waals surface area (Å²) in [6.45, 7) is 9.37. The van der Waals surface area contributed by atoms with Gasteiger partial charge in [-0.05, 0) is 35.7 Å². The zero-order valence-corrected chi connectivity index (χ0v) is 16.7. The van der Waals surface area contributed by atoms with E-state index in [-0.39, 0.29) is 23.1 Å². The van der Waals surface area contributed by atoms with Crippen LogP contribution in [-0.2, 0) is 0 Å². The molecule has 3 aromatic heterocycles. The van der Waals surface area contributed by atoms with Crippen molar-refractivity contribution in [3.8, 4) is 11.1 Å². The highest BCUT2D eigenvalue weighted by atomic mass is 19.1. The van der Waals surface area contributed by atoms with Crippen molar-refractivity contribution in [1.29, 1.82) is 0 Å². The molecule has 0 radical (unpaired) electrons. The molecule has 0 spiro atoms. The summed E-state index contributed by atoms with van der Waals surface area (Å²) >= 11 is 0. The normalized spacial score (nSPS) is 11.8. The summed E-state index contributed by atoms with van der Waals surface area (Å²) in [6.07, 6.45) is 3.07. The highest BCUT2D eigenvalue weighted by Crippen LogP contribution is 2.34. The maximum absolute atomic E-state index is 13.9. The Morgan fingerprint density at radius 2 is 2.00 bits per heavy atom. The Morgan fingerprint density at radius 3 is 2.71 bits per heavy atom. The van der Waals surface area contributed by atoms with Gasteiger partial charge in [0.1, 0.15) is 23.8 Å². The summed E-state index contributed by atoms with van der Waals surface area (Å²) in [4.78, 5) is 24.9. The zero-order chi connectivity index (χ0) is 22.0. The molecule has 0 aliphatic rings. The number of rotatable bonds is 5. The van der Waals surface area contributed by atoms with Crippen molar-refractivity contribution in [3.05, 3.63) is 94.2 Å². The Bertz CT molecular complexity index is 1360. The lowest BCUT2D eigenvalue weighted by Gasteiger charge is -2.22. The van der Waals surface area contributed by atoms with Crippen molar-refractivity contribution >= 4 is 22.8 Å². The smallest absolute Gasteiger partial charge is 0.268 e. The second-order valence-electron chi connectivity index (χ2n) is 6.96. The molecule has 1 aromatic carbocycles. The fourth-order valence-corrected chi connectivity index (χ4v) is 3.60. The van der Waals surface area contributed by atoms with Gasteiger partial charge in [0, 0.05) is 11.7 Å². The molecule has 3 heterocycles. The van der Waals surface area contributed by atoms with Crippen LogP contribution in [0.4, 0.5) is 21.7 Å². The number of hydrogen-bond donors (Lipinski definition) is 2. The Kier molecular flexibility index (Phi) is 5.33. The fourth-order valence-electron chi connectivity index (χ4n) is 3.60. The number of nitrogens with two attached hydrogens (primary N) is 1. The van der Waals surface area contributed by atoms with E-state index in [1.54, 1.807) is 6.07 Å². The van der Waals surface area contributed by atoms with Crippen LogP contribution in [0.3, 0.4) is 0 Å². The second-order valence-corrected chi connectivity index (χ2v) is 6.96. The average molecular weight is 414 g/mol. The molecule has 1 atom stereocenters. The molecule has 8 heteroatoms. The SMILES string of the molecule is [C-]#[N+]c1c(N)ncnc1N[C@H](CC)c1cc2ccc(F)cn2c(=O)c1-c1ccccc1. The minimum atomic E-state index is -0.496. The summed E-state index contributed by atoms with van der Waals surface area (Å²) in [5, 5.41) is 3.25. The van der Waals surface area contributed by atoms with E-state index in [0.29, 0.717) is 28.9 Å². The average Bonchev–Trinajstić information content (AvgIpc) is 2.78. The predicted molar refractivity (Wildman–Crippen MR) is 118 cm³/mol. The molecule has 0 aliphatic carbocycles. The van der Waals surface area contributed by atoms with Crippen LogP contribution in [0.1, 0.15) is 24.9 Å². The van der Waals surface area contributed by atoms with Gasteiger partial charge in [-0.2, -0.15) is 0 Å². The largest absolute Gasteiger partial charge is 0.392 e. The van der Waals surface area contributed by atoms with Gasteiger partial charge in [-0.25, -0.2) is 19.2 Å². The van der Waals surface area contributed by atoms with Crippen molar-refractivity contribution in [3.63, 3.8) is 0 Å². The number of nitrogens with zero attached hydrogens (tertiary/aromatic N) is 4. The van der Waals surface area contributed by atoms with E-state index >= 15 is 0 Å². The molecular formula is C23H19FN6O.